The molecule has 1 amide bonds. The van der Waals surface area contributed by atoms with Gasteiger partial charge in [-0.2, -0.15) is 0 Å². The first-order chi connectivity index (χ1) is 10.6. The van der Waals surface area contributed by atoms with Crippen molar-refractivity contribution >= 4 is 56.5 Å². The van der Waals surface area contributed by atoms with Gasteiger partial charge in [0.15, 0.2) is 5.78 Å². The number of halogens is 3. The predicted octanol–water partition coefficient (Wildman–Crippen LogP) is 5.09. The van der Waals surface area contributed by atoms with Crippen LogP contribution in [-0.2, 0) is 9.59 Å². The Hall–Kier alpha value is -0.580. The third kappa shape index (κ3) is 1.95. The van der Waals surface area contributed by atoms with Gasteiger partial charge in [0.1, 0.15) is 0 Å². The fraction of sp³-hybridized carbons (Fsp3) is 0.529. The zero-order valence-corrected chi connectivity index (χ0v) is 16.3. The quantitative estimate of drug-likeness (QED) is 0.679. The molecule has 2 aliphatic carbocycles. The van der Waals surface area contributed by atoms with Crippen LogP contribution >= 0.6 is 39.1 Å². The first-order valence-electron chi connectivity index (χ1n) is 7.53. The lowest BCUT2D eigenvalue weighted by atomic mass is 9.64. The van der Waals surface area contributed by atoms with Crippen molar-refractivity contribution in [3.8, 4) is 0 Å². The number of hydrogen-bond acceptors (Lipinski definition) is 2. The Morgan fingerprint density at radius 3 is 2.26 bits per heavy atom. The number of carbonyl (C=O) groups is 2. The van der Waals surface area contributed by atoms with E-state index >= 15 is 0 Å². The zero-order chi connectivity index (χ0) is 17.2. The van der Waals surface area contributed by atoms with Crippen molar-refractivity contribution in [1.82, 2.24) is 0 Å². The lowest BCUT2D eigenvalue weighted by molar-refractivity contribution is -0.130. The van der Waals surface area contributed by atoms with Crippen molar-refractivity contribution in [2.45, 2.75) is 38.4 Å². The Balaban J connectivity index is 2.04. The summed E-state index contributed by atoms with van der Waals surface area (Å²) in [5.74, 6) is -0.0943. The summed E-state index contributed by atoms with van der Waals surface area (Å²) in [4.78, 5) is 25.4. The van der Waals surface area contributed by atoms with Crippen molar-refractivity contribution in [2.75, 3.05) is 5.32 Å². The third-order valence-corrected chi connectivity index (χ3v) is 8.15. The summed E-state index contributed by atoms with van der Waals surface area (Å²) >= 11 is 15.8. The first-order valence-corrected chi connectivity index (χ1v) is 9.20. The van der Waals surface area contributed by atoms with Gasteiger partial charge in [0.05, 0.1) is 26.0 Å². The van der Waals surface area contributed by atoms with Gasteiger partial charge in [0.2, 0.25) is 5.91 Å². The molecule has 2 aliphatic rings. The standard InChI is InChI=1S/C17H18BrCl2NO2/c1-15(2)16(3)7-8-17(15,12(18)13(16)22)14(23)21-11-9(19)5-4-6-10(11)20/h4-6,12H,7-8H2,1-3H3,(H,21,23)/t12-,16+,17+/m1/s1. The normalized spacial score (nSPS) is 34.7. The highest BCUT2D eigenvalue weighted by molar-refractivity contribution is 9.10. The van der Waals surface area contributed by atoms with Crippen molar-refractivity contribution in [2.24, 2.45) is 16.2 Å². The van der Waals surface area contributed by atoms with Crippen LogP contribution in [-0.4, -0.2) is 16.5 Å². The highest BCUT2D eigenvalue weighted by Crippen LogP contribution is 2.72. The van der Waals surface area contributed by atoms with Crippen LogP contribution in [0.2, 0.25) is 10.0 Å². The largest absolute Gasteiger partial charge is 0.323 e. The first kappa shape index (κ1) is 17.2. The van der Waals surface area contributed by atoms with E-state index in [1.807, 2.05) is 20.8 Å². The molecule has 3 nitrogen and oxygen atoms in total. The van der Waals surface area contributed by atoms with Crippen molar-refractivity contribution in [1.29, 1.82) is 0 Å². The topological polar surface area (TPSA) is 46.2 Å². The maximum absolute atomic E-state index is 13.2. The number of anilines is 1. The molecule has 3 atom stereocenters. The molecule has 23 heavy (non-hydrogen) atoms. The minimum Gasteiger partial charge on any atom is -0.323 e. The van der Waals surface area contributed by atoms with Crippen molar-refractivity contribution in [3.63, 3.8) is 0 Å². The summed E-state index contributed by atoms with van der Waals surface area (Å²) in [5.41, 5.74) is -1.36. The fourth-order valence-electron chi connectivity index (χ4n) is 4.30. The number of amides is 1. The summed E-state index contributed by atoms with van der Waals surface area (Å²) in [5, 5.41) is 3.65. The molecular weight excluding hydrogens is 401 g/mol. The van der Waals surface area contributed by atoms with Gasteiger partial charge in [-0.25, -0.2) is 0 Å². The Morgan fingerprint density at radius 2 is 1.78 bits per heavy atom. The third-order valence-electron chi connectivity index (χ3n) is 6.33. The number of rotatable bonds is 2. The molecule has 0 aromatic heterocycles. The molecule has 2 fully saturated rings. The molecule has 2 saturated carbocycles. The van der Waals surface area contributed by atoms with Crippen LogP contribution < -0.4 is 5.32 Å². The van der Waals surface area contributed by atoms with E-state index in [-0.39, 0.29) is 11.7 Å². The molecule has 2 bridgehead atoms. The van der Waals surface area contributed by atoms with E-state index in [2.05, 4.69) is 21.2 Å². The van der Waals surface area contributed by atoms with Gasteiger partial charge in [-0.3, -0.25) is 9.59 Å². The number of hydrogen-bond donors (Lipinski definition) is 1. The molecule has 0 spiro atoms. The number of nitrogens with one attached hydrogen (secondary N) is 1. The number of ketones is 1. The Labute approximate surface area is 154 Å². The van der Waals surface area contributed by atoms with E-state index in [1.165, 1.54) is 0 Å². The van der Waals surface area contributed by atoms with Gasteiger partial charge in [-0.15, -0.1) is 0 Å². The molecule has 1 aromatic carbocycles. The molecule has 124 valence electrons. The number of para-hydroxylation sites is 1. The average Bonchev–Trinajstić information content (AvgIpc) is 2.75. The maximum Gasteiger partial charge on any atom is 0.232 e. The van der Waals surface area contributed by atoms with Crippen LogP contribution in [0.25, 0.3) is 0 Å². The number of fused-ring (bicyclic) bond motifs is 2. The Kier molecular flexibility index (Phi) is 3.90. The van der Waals surface area contributed by atoms with Crippen LogP contribution in [0.4, 0.5) is 5.69 Å². The van der Waals surface area contributed by atoms with Gasteiger partial charge < -0.3 is 5.32 Å². The highest BCUT2D eigenvalue weighted by Gasteiger charge is 2.76. The van der Waals surface area contributed by atoms with Crippen LogP contribution in [0.15, 0.2) is 18.2 Å². The Morgan fingerprint density at radius 1 is 1.22 bits per heavy atom. The van der Waals surface area contributed by atoms with Gasteiger partial charge >= 0.3 is 0 Å². The summed E-state index contributed by atoms with van der Waals surface area (Å²) in [6.07, 6.45) is 1.37. The van der Waals surface area contributed by atoms with Crippen LogP contribution in [0.1, 0.15) is 33.6 Å². The second-order valence-electron chi connectivity index (χ2n) is 7.21. The van der Waals surface area contributed by atoms with Gasteiger partial charge in [0, 0.05) is 5.41 Å². The zero-order valence-electron chi connectivity index (χ0n) is 13.2. The summed E-state index contributed by atoms with van der Waals surface area (Å²) in [6, 6.07) is 5.08. The van der Waals surface area contributed by atoms with Crippen LogP contribution in [0.5, 0.6) is 0 Å². The molecule has 1 aromatic rings. The molecule has 3 rings (SSSR count). The van der Waals surface area contributed by atoms with E-state index in [0.717, 1.165) is 0 Å². The maximum atomic E-state index is 13.2. The SMILES string of the molecule is CC1(C)[C@@]2(C)CC[C@@]1(C(=O)Nc1c(Cl)cccc1Cl)[C@H](Br)C2=O. The van der Waals surface area contributed by atoms with Gasteiger partial charge in [-0.1, -0.05) is 66.0 Å². The molecule has 0 unspecified atom stereocenters. The van der Waals surface area contributed by atoms with E-state index in [0.29, 0.717) is 28.6 Å². The number of carbonyl (C=O) groups excluding carboxylic acids is 2. The lowest BCUT2D eigenvalue weighted by Crippen LogP contribution is -2.48. The molecular formula is C17H18BrCl2NO2. The van der Waals surface area contributed by atoms with Gasteiger partial charge in [-0.05, 0) is 30.4 Å². The number of benzene rings is 1. The van der Waals surface area contributed by atoms with Crippen molar-refractivity contribution < 1.29 is 9.59 Å². The smallest absolute Gasteiger partial charge is 0.232 e. The second-order valence-corrected chi connectivity index (χ2v) is 8.94. The van der Waals surface area contributed by atoms with E-state index in [9.17, 15) is 9.59 Å². The molecule has 6 heteroatoms. The van der Waals surface area contributed by atoms with E-state index in [4.69, 9.17) is 23.2 Å². The summed E-state index contributed by atoms with van der Waals surface area (Å²) in [7, 11) is 0. The Bertz CT molecular complexity index is 700. The second kappa shape index (κ2) is 5.21. The molecule has 0 aliphatic heterocycles. The van der Waals surface area contributed by atoms with E-state index in [1.54, 1.807) is 18.2 Å². The molecule has 0 heterocycles. The summed E-state index contributed by atoms with van der Waals surface area (Å²) < 4.78 is 0. The van der Waals surface area contributed by atoms with Crippen molar-refractivity contribution in [3.05, 3.63) is 28.2 Å². The highest BCUT2D eigenvalue weighted by atomic mass is 79.9. The summed E-state index contributed by atoms with van der Waals surface area (Å²) in [6.45, 7) is 5.98. The fourth-order valence-corrected chi connectivity index (χ4v) is 6.30. The minimum atomic E-state index is -0.804. The minimum absolute atomic E-state index is 0.106. The van der Waals surface area contributed by atoms with Crippen LogP contribution in [0, 0.1) is 16.2 Å². The monoisotopic (exact) mass is 417 g/mol. The van der Waals surface area contributed by atoms with Gasteiger partial charge in [0.25, 0.3) is 0 Å². The molecule has 0 radical (unpaired) electrons. The number of Topliss-reactive ketones (excluding diaryl/α,β-unsaturated/α-hetero) is 1. The van der Waals surface area contributed by atoms with Crippen LogP contribution in [0.3, 0.4) is 0 Å². The molecule has 1 N–H and O–H groups in total. The number of alkyl halides is 1. The lowest BCUT2D eigenvalue weighted by Gasteiger charge is -2.39. The van der Waals surface area contributed by atoms with E-state index < -0.39 is 21.1 Å². The predicted molar refractivity (Wildman–Crippen MR) is 96.4 cm³/mol. The average molecular weight is 419 g/mol. The molecule has 0 saturated heterocycles.